The summed E-state index contributed by atoms with van der Waals surface area (Å²) in [6, 6.07) is 22.9. The van der Waals surface area contributed by atoms with Gasteiger partial charge in [0.25, 0.3) is 0 Å². The second kappa shape index (κ2) is 7.35. The van der Waals surface area contributed by atoms with Crippen LogP contribution in [0.1, 0.15) is 5.89 Å². The van der Waals surface area contributed by atoms with Crippen molar-refractivity contribution < 1.29 is 4.42 Å². The van der Waals surface area contributed by atoms with Crippen LogP contribution in [-0.4, -0.2) is 19.7 Å². The van der Waals surface area contributed by atoms with Crippen molar-refractivity contribution in [3.05, 3.63) is 88.7 Å². The smallest absolute Gasteiger partial charge is 0.247 e. The van der Waals surface area contributed by atoms with Gasteiger partial charge >= 0.3 is 0 Å². The SMILES string of the molecule is Clc1ccc(-c2nc3ccccc3n2Cc2nnc(-c3cccc(Cl)c3)o2)cc1. The maximum atomic E-state index is 6.07. The zero-order valence-corrected chi connectivity index (χ0v) is 16.6. The lowest BCUT2D eigenvalue weighted by Crippen LogP contribution is -2.02. The minimum absolute atomic E-state index is 0.395. The molecule has 0 spiro atoms. The van der Waals surface area contributed by atoms with Crippen LogP contribution in [0.5, 0.6) is 0 Å². The first-order valence-corrected chi connectivity index (χ1v) is 9.72. The van der Waals surface area contributed by atoms with Crippen molar-refractivity contribution in [2.24, 2.45) is 0 Å². The van der Waals surface area contributed by atoms with Gasteiger partial charge in [-0.1, -0.05) is 41.4 Å². The summed E-state index contributed by atoms with van der Waals surface area (Å²) in [5.74, 6) is 1.73. The summed E-state index contributed by atoms with van der Waals surface area (Å²) in [5, 5.41) is 9.70. The number of rotatable bonds is 4. The Kier molecular flexibility index (Phi) is 4.54. The molecule has 0 bridgehead atoms. The minimum Gasteiger partial charge on any atom is -0.419 e. The molecule has 0 aliphatic heterocycles. The lowest BCUT2D eigenvalue weighted by atomic mass is 10.2. The Morgan fingerprint density at radius 1 is 0.793 bits per heavy atom. The van der Waals surface area contributed by atoms with E-state index < -0.39 is 0 Å². The Morgan fingerprint density at radius 3 is 2.45 bits per heavy atom. The van der Waals surface area contributed by atoms with Crippen LogP contribution in [-0.2, 0) is 6.54 Å². The molecule has 29 heavy (non-hydrogen) atoms. The van der Waals surface area contributed by atoms with E-state index in [2.05, 4.69) is 14.8 Å². The summed E-state index contributed by atoms with van der Waals surface area (Å²) >= 11 is 12.1. The molecule has 5 aromatic rings. The van der Waals surface area contributed by atoms with Crippen LogP contribution in [0.3, 0.4) is 0 Å². The molecule has 0 N–H and O–H groups in total. The van der Waals surface area contributed by atoms with E-state index in [1.165, 1.54) is 0 Å². The van der Waals surface area contributed by atoms with Crippen LogP contribution in [0, 0.1) is 0 Å². The van der Waals surface area contributed by atoms with Crippen LogP contribution in [0.4, 0.5) is 0 Å². The lowest BCUT2D eigenvalue weighted by molar-refractivity contribution is 0.492. The van der Waals surface area contributed by atoms with Gasteiger partial charge in [-0.05, 0) is 54.6 Å². The monoisotopic (exact) mass is 420 g/mol. The van der Waals surface area contributed by atoms with E-state index in [4.69, 9.17) is 32.6 Å². The zero-order chi connectivity index (χ0) is 19.8. The number of halogens is 2. The molecule has 0 unspecified atom stereocenters. The fourth-order valence-corrected chi connectivity index (χ4v) is 3.56. The molecular formula is C22H14Cl2N4O. The molecule has 0 radical (unpaired) electrons. The van der Waals surface area contributed by atoms with Crippen LogP contribution in [0.15, 0.2) is 77.2 Å². The van der Waals surface area contributed by atoms with E-state index >= 15 is 0 Å². The van der Waals surface area contributed by atoms with Crippen molar-refractivity contribution in [3.63, 3.8) is 0 Å². The molecule has 0 saturated heterocycles. The Hall–Kier alpha value is -3.15. The maximum Gasteiger partial charge on any atom is 0.247 e. The third-order valence-electron chi connectivity index (χ3n) is 4.59. The highest BCUT2D eigenvalue weighted by molar-refractivity contribution is 6.31. The van der Waals surface area contributed by atoms with E-state index in [0.717, 1.165) is 28.0 Å². The number of imidazole rings is 1. The summed E-state index contributed by atoms with van der Waals surface area (Å²) < 4.78 is 7.97. The molecule has 3 aromatic carbocycles. The summed E-state index contributed by atoms with van der Waals surface area (Å²) in [5.41, 5.74) is 3.62. The minimum atomic E-state index is 0.395. The van der Waals surface area contributed by atoms with Crippen molar-refractivity contribution in [3.8, 4) is 22.8 Å². The van der Waals surface area contributed by atoms with Crippen LogP contribution < -0.4 is 0 Å². The fourth-order valence-electron chi connectivity index (χ4n) is 3.25. The predicted octanol–water partition coefficient (Wildman–Crippen LogP) is 6.11. The van der Waals surface area contributed by atoms with Crippen LogP contribution >= 0.6 is 23.2 Å². The van der Waals surface area contributed by atoms with E-state index in [0.29, 0.717) is 28.4 Å². The molecule has 0 atom stereocenters. The van der Waals surface area contributed by atoms with Crippen LogP contribution in [0.25, 0.3) is 33.9 Å². The van der Waals surface area contributed by atoms with Crippen molar-refractivity contribution in [2.45, 2.75) is 6.54 Å². The molecule has 0 amide bonds. The van der Waals surface area contributed by atoms with Gasteiger partial charge in [-0.15, -0.1) is 10.2 Å². The molecule has 0 saturated carbocycles. The number of hydrogen-bond acceptors (Lipinski definition) is 4. The van der Waals surface area contributed by atoms with E-state index in [1.807, 2.05) is 60.7 Å². The average molecular weight is 421 g/mol. The number of benzene rings is 3. The highest BCUT2D eigenvalue weighted by Gasteiger charge is 2.16. The maximum absolute atomic E-state index is 6.07. The zero-order valence-electron chi connectivity index (χ0n) is 15.1. The summed E-state index contributed by atoms with van der Waals surface area (Å²) in [4.78, 5) is 4.80. The topological polar surface area (TPSA) is 56.7 Å². The molecule has 2 heterocycles. The first-order valence-electron chi connectivity index (χ1n) is 8.97. The summed E-state index contributed by atoms with van der Waals surface area (Å²) in [6.45, 7) is 0.395. The Labute approximate surface area is 176 Å². The molecule has 0 fully saturated rings. The number of aromatic nitrogens is 4. The third-order valence-corrected chi connectivity index (χ3v) is 5.08. The highest BCUT2D eigenvalue weighted by Crippen LogP contribution is 2.28. The second-order valence-corrected chi connectivity index (χ2v) is 7.40. The number of hydrogen-bond donors (Lipinski definition) is 0. The second-order valence-electron chi connectivity index (χ2n) is 6.53. The van der Waals surface area contributed by atoms with Gasteiger partial charge in [-0.25, -0.2) is 4.98 Å². The van der Waals surface area contributed by atoms with Gasteiger partial charge in [-0.2, -0.15) is 0 Å². The highest BCUT2D eigenvalue weighted by atomic mass is 35.5. The first kappa shape index (κ1) is 17.9. The number of fused-ring (bicyclic) bond motifs is 1. The quantitative estimate of drug-likeness (QED) is 0.351. The van der Waals surface area contributed by atoms with E-state index in [9.17, 15) is 0 Å². The molecular weight excluding hydrogens is 407 g/mol. The fraction of sp³-hybridized carbons (Fsp3) is 0.0455. The number of para-hydroxylation sites is 2. The third kappa shape index (κ3) is 3.50. The van der Waals surface area contributed by atoms with Crippen molar-refractivity contribution in [1.29, 1.82) is 0 Å². The Morgan fingerprint density at radius 2 is 1.62 bits per heavy atom. The molecule has 5 nitrogen and oxygen atoms in total. The van der Waals surface area contributed by atoms with Gasteiger partial charge in [0.1, 0.15) is 12.4 Å². The molecule has 142 valence electrons. The van der Waals surface area contributed by atoms with Gasteiger partial charge in [0, 0.05) is 21.2 Å². The summed E-state index contributed by atoms with van der Waals surface area (Å²) in [6.07, 6.45) is 0. The van der Waals surface area contributed by atoms with Gasteiger partial charge in [-0.3, -0.25) is 0 Å². The normalized spacial score (nSPS) is 11.2. The lowest BCUT2D eigenvalue weighted by Gasteiger charge is -2.07. The van der Waals surface area contributed by atoms with Crippen molar-refractivity contribution in [2.75, 3.05) is 0 Å². The molecule has 7 heteroatoms. The van der Waals surface area contributed by atoms with Crippen LogP contribution in [0.2, 0.25) is 10.0 Å². The standard InChI is InChI=1S/C22H14Cl2N4O/c23-16-10-8-14(9-11-16)21-25-18-6-1-2-7-19(18)28(21)13-20-26-27-22(29-20)15-4-3-5-17(24)12-15/h1-12H,13H2. The molecule has 0 aliphatic carbocycles. The Bertz CT molecular complexity index is 1310. The summed E-state index contributed by atoms with van der Waals surface area (Å²) in [7, 11) is 0. The Balaban J connectivity index is 1.57. The van der Waals surface area contributed by atoms with Crippen molar-refractivity contribution >= 4 is 34.2 Å². The van der Waals surface area contributed by atoms with E-state index in [-0.39, 0.29) is 0 Å². The van der Waals surface area contributed by atoms with Gasteiger partial charge in [0.2, 0.25) is 11.8 Å². The van der Waals surface area contributed by atoms with Gasteiger partial charge < -0.3 is 8.98 Å². The van der Waals surface area contributed by atoms with Gasteiger partial charge in [0.15, 0.2) is 0 Å². The van der Waals surface area contributed by atoms with E-state index in [1.54, 1.807) is 12.1 Å². The van der Waals surface area contributed by atoms with Gasteiger partial charge in [0.05, 0.1) is 11.0 Å². The molecule has 2 aromatic heterocycles. The predicted molar refractivity (Wildman–Crippen MR) is 114 cm³/mol. The average Bonchev–Trinajstić information content (AvgIpc) is 3.34. The molecule has 5 rings (SSSR count). The van der Waals surface area contributed by atoms with Crippen molar-refractivity contribution in [1.82, 2.24) is 19.7 Å². The molecule has 0 aliphatic rings. The first-order chi connectivity index (χ1) is 14.2. The largest absolute Gasteiger partial charge is 0.419 e. The number of nitrogens with zero attached hydrogens (tertiary/aromatic N) is 4.